The van der Waals surface area contributed by atoms with Crippen LogP contribution in [-0.4, -0.2) is 10.1 Å². The van der Waals surface area contributed by atoms with E-state index in [1.807, 2.05) is 30.3 Å². The third-order valence-electron chi connectivity index (χ3n) is 6.03. The van der Waals surface area contributed by atoms with Crippen molar-refractivity contribution >= 4 is 11.6 Å². The molecule has 2 aromatic carbocycles. The van der Waals surface area contributed by atoms with Gasteiger partial charge in [0.1, 0.15) is 11.4 Å². The molecule has 1 fully saturated rings. The summed E-state index contributed by atoms with van der Waals surface area (Å²) >= 11 is 6.15. The molecule has 4 nitrogen and oxygen atoms in total. The van der Waals surface area contributed by atoms with Gasteiger partial charge in [-0.1, -0.05) is 54.1 Å². The highest BCUT2D eigenvalue weighted by atomic mass is 35.5. The van der Waals surface area contributed by atoms with E-state index in [2.05, 4.69) is 23.2 Å². The molecule has 0 amide bonds. The summed E-state index contributed by atoms with van der Waals surface area (Å²) in [6.45, 7) is 0. The van der Waals surface area contributed by atoms with E-state index in [0.29, 0.717) is 28.5 Å². The van der Waals surface area contributed by atoms with Crippen molar-refractivity contribution in [3.8, 4) is 11.8 Å². The second-order valence-electron chi connectivity index (χ2n) is 7.39. The number of halogens is 1. The first-order valence-corrected chi connectivity index (χ1v) is 9.59. The summed E-state index contributed by atoms with van der Waals surface area (Å²) in [4.78, 5) is 4.45. The Kier molecular flexibility index (Phi) is 3.74. The van der Waals surface area contributed by atoms with Crippen LogP contribution in [0.1, 0.15) is 41.1 Å². The fourth-order valence-corrected chi connectivity index (χ4v) is 4.99. The lowest BCUT2D eigenvalue weighted by Gasteiger charge is -2.39. The molecule has 1 saturated carbocycles. The van der Waals surface area contributed by atoms with Crippen LogP contribution in [0.15, 0.2) is 66.9 Å². The molecule has 0 spiro atoms. The van der Waals surface area contributed by atoms with Crippen molar-refractivity contribution in [3.05, 3.63) is 94.3 Å². The van der Waals surface area contributed by atoms with Crippen LogP contribution >= 0.6 is 11.6 Å². The quantitative estimate of drug-likeness (QED) is 0.693. The molecular weight excluding hydrogens is 372 g/mol. The van der Waals surface area contributed by atoms with Gasteiger partial charge in [-0.3, -0.25) is 4.98 Å². The highest BCUT2D eigenvalue weighted by Gasteiger charge is 2.69. The molecule has 2 heterocycles. The second kappa shape index (κ2) is 6.07. The van der Waals surface area contributed by atoms with Gasteiger partial charge < -0.3 is 9.84 Å². The van der Waals surface area contributed by atoms with Gasteiger partial charge in [0.15, 0.2) is 11.2 Å². The fourth-order valence-electron chi connectivity index (χ4n) is 4.84. The molecule has 0 saturated heterocycles. The molecule has 5 heteroatoms. The van der Waals surface area contributed by atoms with Gasteiger partial charge in [0, 0.05) is 18.2 Å². The van der Waals surface area contributed by atoms with E-state index in [9.17, 15) is 10.4 Å². The van der Waals surface area contributed by atoms with E-state index >= 15 is 0 Å². The first kappa shape index (κ1) is 17.2. The zero-order valence-corrected chi connectivity index (χ0v) is 15.7. The smallest absolute Gasteiger partial charge is 0.175 e. The van der Waals surface area contributed by atoms with Crippen LogP contribution in [0.2, 0.25) is 5.02 Å². The number of ether oxygens (including phenoxy) is 1. The van der Waals surface area contributed by atoms with Crippen molar-refractivity contribution in [2.75, 3.05) is 0 Å². The van der Waals surface area contributed by atoms with Crippen molar-refractivity contribution in [3.63, 3.8) is 0 Å². The van der Waals surface area contributed by atoms with E-state index in [1.165, 1.54) is 0 Å². The number of nitriles is 1. The van der Waals surface area contributed by atoms with Gasteiger partial charge in [-0.25, -0.2) is 0 Å². The van der Waals surface area contributed by atoms with Gasteiger partial charge in [0.05, 0.1) is 16.7 Å². The zero-order valence-electron chi connectivity index (χ0n) is 15.0. The Labute approximate surface area is 168 Å². The summed E-state index contributed by atoms with van der Waals surface area (Å²) in [5.74, 6) is 0.444. The van der Waals surface area contributed by atoms with E-state index in [4.69, 9.17) is 16.3 Å². The fraction of sp³-hybridized carbons (Fsp3) is 0.217. The maximum absolute atomic E-state index is 11.9. The van der Waals surface area contributed by atoms with Crippen molar-refractivity contribution < 1.29 is 9.84 Å². The van der Waals surface area contributed by atoms with Crippen molar-refractivity contribution in [1.29, 1.82) is 5.26 Å². The minimum Gasteiger partial charge on any atom is -0.476 e. The number of aromatic nitrogens is 1. The van der Waals surface area contributed by atoms with E-state index in [0.717, 1.165) is 17.5 Å². The van der Waals surface area contributed by atoms with Gasteiger partial charge >= 0.3 is 0 Å². The summed E-state index contributed by atoms with van der Waals surface area (Å²) in [6, 6.07) is 21.2. The zero-order chi connectivity index (χ0) is 19.4. The highest BCUT2D eigenvalue weighted by Crippen LogP contribution is 2.66. The molecular formula is C23H17ClN2O2. The van der Waals surface area contributed by atoms with Crippen molar-refractivity contribution in [2.45, 2.75) is 30.0 Å². The van der Waals surface area contributed by atoms with Crippen molar-refractivity contribution in [2.24, 2.45) is 0 Å². The number of benzene rings is 2. The number of rotatable bonds is 2. The van der Waals surface area contributed by atoms with Crippen LogP contribution in [-0.2, 0) is 11.2 Å². The Bertz CT molecular complexity index is 1090. The van der Waals surface area contributed by atoms with Crippen molar-refractivity contribution in [1.82, 2.24) is 4.98 Å². The van der Waals surface area contributed by atoms with Crippen LogP contribution in [0.25, 0.3) is 0 Å². The molecule has 28 heavy (non-hydrogen) atoms. The standard InChI is InChI=1S/C23H17ClN2O2/c24-18-12-20-21(26-14-18)22(27)11-10-19(16-4-2-1-3-5-16)23(22,28-20)17-8-6-15(13-25)7-9-17/h1-9,12,14,19,27H,10-11H2/t19?,22-,23?/m1/s1. The average Bonchev–Trinajstić information content (AvgIpc) is 3.15. The molecule has 2 unspecified atom stereocenters. The summed E-state index contributed by atoms with van der Waals surface area (Å²) in [6.07, 6.45) is 2.82. The van der Waals surface area contributed by atoms with E-state index < -0.39 is 11.2 Å². The predicted molar refractivity (Wildman–Crippen MR) is 105 cm³/mol. The maximum Gasteiger partial charge on any atom is 0.175 e. The second-order valence-corrected chi connectivity index (χ2v) is 7.83. The Morgan fingerprint density at radius 1 is 1.14 bits per heavy atom. The Morgan fingerprint density at radius 3 is 2.61 bits per heavy atom. The minimum atomic E-state index is -1.28. The molecule has 0 radical (unpaired) electrons. The lowest BCUT2D eigenvalue weighted by Crippen LogP contribution is -2.48. The highest BCUT2D eigenvalue weighted by molar-refractivity contribution is 6.30. The normalized spacial score (nSPS) is 27.5. The number of aliphatic hydroxyl groups is 1. The Hall–Kier alpha value is -2.87. The molecule has 138 valence electrons. The molecule has 1 aromatic heterocycles. The van der Waals surface area contributed by atoms with Gasteiger partial charge in [-0.2, -0.15) is 5.26 Å². The molecule has 1 N–H and O–H groups in total. The van der Waals surface area contributed by atoms with Gasteiger partial charge in [0.25, 0.3) is 0 Å². The lowest BCUT2D eigenvalue weighted by atomic mass is 9.72. The third-order valence-corrected chi connectivity index (χ3v) is 6.23. The number of fused-ring (bicyclic) bond motifs is 3. The molecule has 3 aromatic rings. The number of nitrogens with zero attached hydrogens (tertiary/aromatic N) is 2. The van der Waals surface area contributed by atoms with Gasteiger partial charge in [0.2, 0.25) is 0 Å². The third kappa shape index (κ3) is 2.18. The summed E-state index contributed by atoms with van der Waals surface area (Å²) in [7, 11) is 0. The number of pyridine rings is 1. The van der Waals surface area contributed by atoms with Crippen LogP contribution in [0, 0.1) is 11.3 Å². The van der Waals surface area contributed by atoms with Gasteiger partial charge in [-0.05, 0) is 36.1 Å². The predicted octanol–water partition coefficient (Wildman–Crippen LogP) is 4.66. The molecule has 3 atom stereocenters. The van der Waals surface area contributed by atoms with Gasteiger partial charge in [-0.15, -0.1) is 0 Å². The largest absolute Gasteiger partial charge is 0.476 e. The van der Waals surface area contributed by atoms with E-state index in [1.54, 1.807) is 24.4 Å². The molecule has 1 aliphatic heterocycles. The van der Waals surface area contributed by atoms with Crippen LogP contribution in [0.4, 0.5) is 0 Å². The Morgan fingerprint density at radius 2 is 1.89 bits per heavy atom. The number of hydrogen-bond acceptors (Lipinski definition) is 4. The average molecular weight is 389 g/mol. The lowest BCUT2D eigenvalue weighted by molar-refractivity contribution is -0.107. The topological polar surface area (TPSA) is 66.1 Å². The Balaban J connectivity index is 1.76. The van der Waals surface area contributed by atoms with Crippen LogP contribution < -0.4 is 4.74 Å². The minimum absolute atomic E-state index is 0.0698. The van der Waals surface area contributed by atoms with E-state index in [-0.39, 0.29) is 5.92 Å². The molecule has 2 aliphatic rings. The monoisotopic (exact) mass is 388 g/mol. The number of hydrogen-bond donors (Lipinski definition) is 1. The van der Waals surface area contributed by atoms with Crippen LogP contribution in [0.5, 0.6) is 5.75 Å². The maximum atomic E-state index is 11.9. The summed E-state index contributed by atoms with van der Waals surface area (Å²) in [5, 5.41) is 21.6. The SMILES string of the molecule is N#Cc1ccc(C23Oc4cc(Cl)cnc4[C@]2(O)CCC3c2ccccc2)cc1. The molecule has 5 rings (SSSR count). The molecule has 1 aliphatic carbocycles. The molecule has 0 bridgehead atoms. The summed E-state index contributed by atoms with van der Waals surface area (Å²) in [5.41, 5.74) is 0.717. The first-order valence-electron chi connectivity index (χ1n) is 9.21. The van der Waals surface area contributed by atoms with Crippen LogP contribution in [0.3, 0.4) is 0 Å². The summed E-state index contributed by atoms with van der Waals surface area (Å²) < 4.78 is 6.55. The first-order chi connectivity index (χ1) is 13.6.